The lowest BCUT2D eigenvalue weighted by atomic mass is 10.2. The van der Waals surface area contributed by atoms with Crippen molar-refractivity contribution in [1.82, 2.24) is 14.8 Å². The van der Waals surface area contributed by atoms with E-state index in [1.54, 1.807) is 11.0 Å². The van der Waals surface area contributed by atoms with Gasteiger partial charge in [0.25, 0.3) is 5.91 Å². The lowest BCUT2D eigenvalue weighted by molar-refractivity contribution is -0.124. The van der Waals surface area contributed by atoms with Crippen LogP contribution >= 0.6 is 0 Å². The molecule has 0 saturated carbocycles. The molecular weight excluding hydrogens is 256 g/mol. The third-order valence-electron chi connectivity index (χ3n) is 3.18. The second kappa shape index (κ2) is 5.83. The number of nitrogens with zero attached hydrogens (tertiary/aromatic N) is 3. The Balaban J connectivity index is 1.60. The number of ether oxygens (including phenoxy) is 1. The average Bonchev–Trinajstić information content (AvgIpc) is 3.11. The summed E-state index contributed by atoms with van der Waals surface area (Å²) in [6.07, 6.45) is 2.93. The molecule has 1 atom stereocenters. The van der Waals surface area contributed by atoms with Crippen molar-refractivity contribution in [2.45, 2.75) is 25.5 Å². The van der Waals surface area contributed by atoms with Gasteiger partial charge in [0.05, 0.1) is 6.54 Å². The highest BCUT2D eigenvalue weighted by molar-refractivity contribution is 5.92. The minimum atomic E-state index is -0.365. The second-order valence-corrected chi connectivity index (χ2v) is 4.74. The van der Waals surface area contributed by atoms with Gasteiger partial charge < -0.3 is 4.74 Å². The summed E-state index contributed by atoms with van der Waals surface area (Å²) in [4.78, 5) is 15.9. The lowest BCUT2D eigenvalue weighted by Crippen LogP contribution is -2.27. The molecule has 2 heterocycles. The second-order valence-electron chi connectivity index (χ2n) is 4.74. The molecule has 0 radical (unpaired) electrons. The number of carbonyl (C=O) groups excluding carboxylic acids is 1. The molecule has 2 aromatic rings. The third kappa shape index (κ3) is 3.03. The van der Waals surface area contributed by atoms with Crippen LogP contribution in [0.1, 0.15) is 18.4 Å². The normalized spacial score (nSPS) is 18.1. The van der Waals surface area contributed by atoms with E-state index in [9.17, 15) is 4.79 Å². The summed E-state index contributed by atoms with van der Waals surface area (Å²) in [6, 6.07) is 9.97. The minimum absolute atomic E-state index is 0.167. The molecule has 0 aliphatic carbocycles. The van der Waals surface area contributed by atoms with Gasteiger partial charge in [-0.25, -0.2) is 9.67 Å². The van der Waals surface area contributed by atoms with Gasteiger partial charge in [-0.15, -0.1) is 5.10 Å². The van der Waals surface area contributed by atoms with E-state index in [0.29, 0.717) is 19.1 Å². The number of anilines is 1. The maximum atomic E-state index is 11.9. The first-order valence-corrected chi connectivity index (χ1v) is 6.67. The van der Waals surface area contributed by atoms with Gasteiger partial charge in [-0.05, 0) is 18.4 Å². The molecule has 0 spiro atoms. The van der Waals surface area contributed by atoms with Crippen molar-refractivity contribution in [3.8, 4) is 0 Å². The van der Waals surface area contributed by atoms with Crippen molar-refractivity contribution in [2.75, 3.05) is 11.9 Å². The summed E-state index contributed by atoms with van der Waals surface area (Å²) in [5.41, 5.74) is 1.13. The van der Waals surface area contributed by atoms with Gasteiger partial charge in [-0.2, -0.15) is 0 Å². The highest BCUT2D eigenvalue weighted by atomic mass is 16.5. The maximum Gasteiger partial charge on any atom is 0.255 e. The van der Waals surface area contributed by atoms with Crippen molar-refractivity contribution < 1.29 is 9.53 Å². The van der Waals surface area contributed by atoms with Crippen LogP contribution in [0.5, 0.6) is 0 Å². The van der Waals surface area contributed by atoms with E-state index in [4.69, 9.17) is 4.74 Å². The van der Waals surface area contributed by atoms with Crippen molar-refractivity contribution in [3.63, 3.8) is 0 Å². The Morgan fingerprint density at radius 1 is 1.40 bits per heavy atom. The van der Waals surface area contributed by atoms with E-state index in [2.05, 4.69) is 15.4 Å². The molecular formula is C14H16N4O2. The average molecular weight is 272 g/mol. The predicted octanol–water partition coefficient (Wildman–Crippen LogP) is 1.44. The number of aromatic nitrogens is 3. The first-order chi connectivity index (χ1) is 9.81. The zero-order chi connectivity index (χ0) is 13.8. The lowest BCUT2D eigenvalue weighted by Gasteiger charge is -2.07. The molecule has 3 rings (SSSR count). The van der Waals surface area contributed by atoms with E-state index in [-0.39, 0.29) is 12.0 Å². The van der Waals surface area contributed by atoms with Gasteiger partial charge in [-0.3, -0.25) is 10.1 Å². The van der Waals surface area contributed by atoms with Gasteiger partial charge >= 0.3 is 0 Å². The molecule has 1 saturated heterocycles. The molecule has 1 aromatic heterocycles. The number of nitrogens with one attached hydrogen (secondary N) is 1. The van der Waals surface area contributed by atoms with Crippen molar-refractivity contribution in [2.24, 2.45) is 0 Å². The molecule has 1 fully saturated rings. The van der Waals surface area contributed by atoms with E-state index in [1.165, 1.54) is 0 Å². The SMILES string of the molecule is O=C(Nc1ncn(Cc2ccccc2)n1)[C@H]1CCCO1. The standard InChI is InChI=1S/C14H16N4O2/c19-13(12-7-4-8-20-12)16-14-15-10-18(17-14)9-11-5-2-1-3-6-11/h1-3,5-6,10,12H,4,7-9H2,(H,16,17,19)/t12-/m1/s1. The van der Waals surface area contributed by atoms with Crippen molar-refractivity contribution in [1.29, 1.82) is 0 Å². The summed E-state index contributed by atoms with van der Waals surface area (Å²) < 4.78 is 7.01. The number of hydrogen-bond acceptors (Lipinski definition) is 4. The number of amides is 1. The highest BCUT2D eigenvalue weighted by Crippen LogP contribution is 2.13. The molecule has 0 unspecified atom stereocenters. The van der Waals surface area contributed by atoms with E-state index >= 15 is 0 Å². The largest absolute Gasteiger partial charge is 0.368 e. The van der Waals surface area contributed by atoms with Crippen LogP contribution in [-0.2, 0) is 16.1 Å². The van der Waals surface area contributed by atoms with Crippen LogP contribution in [0.2, 0.25) is 0 Å². The van der Waals surface area contributed by atoms with Crippen LogP contribution in [0.15, 0.2) is 36.7 Å². The summed E-state index contributed by atoms with van der Waals surface area (Å²) in [5, 5.41) is 6.92. The summed E-state index contributed by atoms with van der Waals surface area (Å²) >= 11 is 0. The number of benzene rings is 1. The Morgan fingerprint density at radius 3 is 3.00 bits per heavy atom. The molecule has 1 aromatic carbocycles. The molecule has 1 aliphatic heterocycles. The van der Waals surface area contributed by atoms with Crippen LogP contribution in [-0.4, -0.2) is 33.4 Å². The highest BCUT2D eigenvalue weighted by Gasteiger charge is 2.24. The van der Waals surface area contributed by atoms with Gasteiger partial charge in [0.1, 0.15) is 12.4 Å². The number of hydrogen-bond donors (Lipinski definition) is 1. The molecule has 0 bridgehead atoms. The topological polar surface area (TPSA) is 69.0 Å². The van der Waals surface area contributed by atoms with E-state index < -0.39 is 0 Å². The summed E-state index contributed by atoms with van der Waals surface area (Å²) in [7, 11) is 0. The molecule has 1 N–H and O–H groups in total. The monoisotopic (exact) mass is 272 g/mol. The van der Waals surface area contributed by atoms with Crippen LogP contribution in [0.3, 0.4) is 0 Å². The molecule has 104 valence electrons. The Labute approximate surface area is 116 Å². The summed E-state index contributed by atoms with van der Waals surface area (Å²) in [5.74, 6) is 0.154. The third-order valence-corrected chi connectivity index (χ3v) is 3.18. The van der Waals surface area contributed by atoms with Gasteiger partial charge in [-0.1, -0.05) is 30.3 Å². The first kappa shape index (κ1) is 12.8. The van der Waals surface area contributed by atoms with Crippen LogP contribution in [0, 0.1) is 0 Å². The maximum absolute atomic E-state index is 11.9. The Kier molecular flexibility index (Phi) is 3.73. The Bertz CT molecular complexity index is 576. The molecule has 6 heteroatoms. The van der Waals surface area contributed by atoms with Crippen LogP contribution in [0.4, 0.5) is 5.95 Å². The molecule has 6 nitrogen and oxygen atoms in total. The molecule has 20 heavy (non-hydrogen) atoms. The van der Waals surface area contributed by atoms with Crippen LogP contribution in [0.25, 0.3) is 0 Å². The fraction of sp³-hybridized carbons (Fsp3) is 0.357. The van der Waals surface area contributed by atoms with E-state index in [1.807, 2.05) is 30.3 Å². The number of rotatable bonds is 4. The molecule has 1 amide bonds. The Hall–Kier alpha value is -2.21. The predicted molar refractivity (Wildman–Crippen MR) is 73.2 cm³/mol. The van der Waals surface area contributed by atoms with Gasteiger partial charge in [0, 0.05) is 6.61 Å². The van der Waals surface area contributed by atoms with E-state index in [0.717, 1.165) is 18.4 Å². The van der Waals surface area contributed by atoms with Crippen molar-refractivity contribution >= 4 is 11.9 Å². The Morgan fingerprint density at radius 2 is 2.25 bits per heavy atom. The fourth-order valence-corrected chi connectivity index (χ4v) is 2.17. The molecule has 1 aliphatic rings. The first-order valence-electron chi connectivity index (χ1n) is 6.67. The van der Waals surface area contributed by atoms with Gasteiger partial charge in [0.2, 0.25) is 5.95 Å². The zero-order valence-corrected chi connectivity index (χ0v) is 11.0. The van der Waals surface area contributed by atoms with Crippen LogP contribution < -0.4 is 5.32 Å². The zero-order valence-electron chi connectivity index (χ0n) is 11.0. The minimum Gasteiger partial charge on any atom is -0.368 e. The summed E-state index contributed by atoms with van der Waals surface area (Å²) in [6.45, 7) is 1.28. The quantitative estimate of drug-likeness (QED) is 0.914. The van der Waals surface area contributed by atoms with Gasteiger partial charge in [0.15, 0.2) is 0 Å². The number of carbonyl (C=O) groups is 1. The fourth-order valence-electron chi connectivity index (χ4n) is 2.17. The van der Waals surface area contributed by atoms with Crippen molar-refractivity contribution in [3.05, 3.63) is 42.2 Å². The smallest absolute Gasteiger partial charge is 0.255 e.